The summed E-state index contributed by atoms with van der Waals surface area (Å²) >= 11 is 1.66. The van der Waals surface area contributed by atoms with Crippen molar-refractivity contribution in [3.8, 4) is 16.3 Å². The van der Waals surface area contributed by atoms with Crippen LogP contribution in [0.25, 0.3) is 10.6 Å². The standard InChI is InChI=1S/C25H28N4O3S/c1-2-32-22-10-8-19(9-11-22)24(31)26-16-23(30)29-14-12-28(13-15-29)17-21-18-33-25(27-21)20-6-4-3-5-7-20/h3-11,18H,2,12-17H2,1H3,(H,26,31). The van der Waals surface area contributed by atoms with Gasteiger partial charge in [0.1, 0.15) is 10.8 Å². The molecular formula is C25H28N4O3S. The van der Waals surface area contributed by atoms with E-state index in [1.54, 1.807) is 35.6 Å². The zero-order chi connectivity index (χ0) is 23.0. The Labute approximate surface area is 198 Å². The highest BCUT2D eigenvalue weighted by Crippen LogP contribution is 2.24. The molecule has 1 saturated heterocycles. The number of hydrogen-bond donors (Lipinski definition) is 1. The van der Waals surface area contributed by atoms with Crippen LogP contribution in [0, 0.1) is 0 Å². The molecule has 8 heteroatoms. The third-order valence-electron chi connectivity index (χ3n) is 5.51. The van der Waals surface area contributed by atoms with Gasteiger partial charge in [0.2, 0.25) is 5.91 Å². The smallest absolute Gasteiger partial charge is 0.251 e. The summed E-state index contributed by atoms with van der Waals surface area (Å²) in [5, 5.41) is 5.86. The number of carbonyl (C=O) groups is 2. The van der Waals surface area contributed by atoms with Crippen molar-refractivity contribution in [2.75, 3.05) is 39.3 Å². The molecule has 1 aliphatic heterocycles. The Morgan fingerprint density at radius 1 is 1.03 bits per heavy atom. The normalized spacial score (nSPS) is 14.2. The Morgan fingerprint density at radius 2 is 1.76 bits per heavy atom. The number of ether oxygens (including phenoxy) is 1. The van der Waals surface area contributed by atoms with Gasteiger partial charge < -0.3 is 15.0 Å². The molecule has 4 rings (SSSR count). The number of hydrogen-bond acceptors (Lipinski definition) is 6. The van der Waals surface area contributed by atoms with E-state index in [1.165, 1.54) is 0 Å². The molecule has 0 bridgehead atoms. The molecule has 0 radical (unpaired) electrons. The van der Waals surface area contributed by atoms with E-state index in [9.17, 15) is 9.59 Å². The van der Waals surface area contributed by atoms with Crippen molar-refractivity contribution in [1.29, 1.82) is 0 Å². The Balaban J connectivity index is 1.20. The molecule has 2 aromatic carbocycles. The van der Waals surface area contributed by atoms with Crippen LogP contribution in [0.15, 0.2) is 60.0 Å². The van der Waals surface area contributed by atoms with Gasteiger partial charge in [0, 0.05) is 49.2 Å². The summed E-state index contributed by atoms with van der Waals surface area (Å²) in [7, 11) is 0. The Bertz CT molecular complexity index is 1060. The average Bonchev–Trinajstić information content (AvgIpc) is 3.32. The SMILES string of the molecule is CCOc1ccc(C(=O)NCC(=O)N2CCN(Cc3csc(-c4ccccc4)n3)CC2)cc1. The molecule has 172 valence electrons. The molecule has 0 unspecified atom stereocenters. The van der Waals surface area contributed by atoms with E-state index in [4.69, 9.17) is 9.72 Å². The summed E-state index contributed by atoms with van der Waals surface area (Å²) in [6, 6.07) is 17.1. The second kappa shape index (κ2) is 11.1. The average molecular weight is 465 g/mol. The molecular weight excluding hydrogens is 436 g/mol. The summed E-state index contributed by atoms with van der Waals surface area (Å²) in [5.74, 6) is 0.397. The fraction of sp³-hybridized carbons (Fsp3) is 0.320. The quantitative estimate of drug-likeness (QED) is 0.554. The second-order valence-electron chi connectivity index (χ2n) is 7.81. The van der Waals surface area contributed by atoms with Gasteiger partial charge >= 0.3 is 0 Å². The molecule has 0 aliphatic carbocycles. The van der Waals surface area contributed by atoms with Crippen LogP contribution in [0.4, 0.5) is 0 Å². The molecule has 1 N–H and O–H groups in total. The number of piperazine rings is 1. The summed E-state index contributed by atoms with van der Waals surface area (Å²) in [5.41, 5.74) is 2.70. The molecule has 1 fully saturated rings. The zero-order valence-corrected chi connectivity index (χ0v) is 19.5. The monoisotopic (exact) mass is 464 g/mol. The van der Waals surface area contributed by atoms with Crippen molar-refractivity contribution in [3.63, 3.8) is 0 Å². The molecule has 2 heterocycles. The van der Waals surface area contributed by atoms with Crippen molar-refractivity contribution in [3.05, 3.63) is 71.2 Å². The van der Waals surface area contributed by atoms with Crippen LogP contribution in [0.1, 0.15) is 23.0 Å². The first-order chi connectivity index (χ1) is 16.1. The molecule has 0 spiro atoms. The van der Waals surface area contributed by atoms with E-state index in [0.717, 1.165) is 41.6 Å². The molecule has 7 nitrogen and oxygen atoms in total. The van der Waals surface area contributed by atoms with Crippen LogP contribution >= 0.6 is 11.3 Å². The van der Waals surface area contributed by atoms with E-state index < -0.39 is 0 Å². The highest BCUT2D eigenvalue weighted by Gasteiger charge is 2.22. The summed E-state index contributed by atoms with van der Waals surface area (Å²) in [6.45, 7) is 6.13. The maximum atomic E-state index is 12.6. The maximum Gasteiger partial charge on any atom is 0.251 e. The van der Waals surface area contributed by atoms with E-state index >= 15 is 0 Å². The number of aromatic nitrogens is 1. The van der Waals surface area contributed by atoms with Gasteiger partial charge in [0.15, 0.2) is 0 Å². The van der Waals surface area contributed by atoms with Gasteiger partial charge in [-0.2, -0.15) is 0 Å². The lowest BCUT2D eigenvalue weighted by atomic mass is 10.2. The fourth-order valence-electron chi connectivity index (χ4n) is 3.72. The Kier molecular flexibility index (Phi) is 7.70. The minimum Gasteiger partial charge on any atom is -0.494 e. The third-order valence-corrected chi connectivity index (χ3v) is 6.45. The van der Waals surface area contributed by atoms with Crippen LogP contribution < -0.4 is 10.1 Å². The fourth-order valence-corrected chi connectivity index (χ4v) is 4.53. The number of benzene rings is 2. The molecule has 0 atom stereocenters. The van der Waals surface area contributed by atoms with Gasteiger partial charge in [0.25, 0.3) is 5.91 Å². The number of amides is 2. The van der Waals surface area contributed by atoms with Gasteiger partial charge in [-0.15, -0.1) is 11.3 Å². The first kappa shape index (κ1) is 22.9. The second-order valence-corrected chi connectivity index (χ2v) is 8.67. The van der Waals surface area contributed by atoms with E-state index in [1.807, 2.05) is 30.0 Å². The van der Waals surface area contributed by atoms with Crippen molar-refractivity contribution >= 4 is 23.2 Å². The number of nitrogens with one attached hydrogen (secondary N) is 1. The van der Waals surface area contributed by atoms with Gasteiger partial charge in [-0.25, -0.2) is 4.98 Å². The van der Waals surface area contributed by atoms with Gasteiger partial charge in [-0.05, 0) is 31.2 Å². The van der Waals surface area contributed by atoms with Crippen LogP contribution in [0.5, 0.6) is 5.75 Å². The third kappa shape index (κ3) is 6.18. The number of thiazole rings is 1. The van der Waals surface area contributed by atoms with Crippen LogP contribution in [-0.2, 0) is 11.3 Å². The lowest BCUT2D eigenvalue weighted by Crippen LogP contribution is -2.50. The lowest BCUT2D eigenvalue weighted by molar-refractivity contribution is -0.131. The predicted octanol–water partition coefficient (Wildman–Crippen LogP) is 3.28. The van der Waals surface area contributed by atoms with Crippen LogP contribution in [0.2, 0.25) is 0 Å². The minimum atomic E-state index is -0.261. The van der Waals surface area contributed by atoms with Gasteiger partial charge in [0.05, 0.1) is 18.8 Å². The Morgan fingerprint density at radius 3 is 2.45 bits per heavy atom. The Hall–Kier alpha value is -3.23. The maximum absolute atomic E-state index is 12.6. The predicted molar refractivity (Wildman–Crippen MR) is 129 cm³/mol. The topological polar surface area (TPSA) is 74.8 Å². The lowest BCUT2D eigenvalue weighted by Gasteiger charge is -2.34. The van der Waals surface area contributed by atoms with E-state index in [2.05, 4.69) is 27.7 Å². The van der Waals surface area contributed by atoms with Crippen molar-refractivity contribution < 1.29 is 14.3 Å². The molecule has 1 aliphatic rings. The molecule has 3 aromatic rings. The summed E-state index contributed by atoms with van der Waals surface area (Å²) in [4.78, 5) is 33.8. The van der Waals surface area contributed by atoms with Crippen LogP contribution in [0.3, 0.4) is 0 Å². The molecule has 33 heavy (non-hydrogen) atoms. The highest BCUT2D eigenvalue weighted by molar-refractivity contribution is 7.13. The van der Waals surface area contributed by atoms with E-state index in [0.29, 0.717) is 25.3 Å². The van der Waals surface area contributed by atoms with E-state index in [-0.39, 0.29) is 18.4 Å². The number of nitrogens with zero attached hydrogens (tertiary/aromatic N) is 3. The van der Waals surface area contributed by atoms with Crippen molar-refractivity contribution in [2.24, 2.45) is 0 Å². The molecule has 0 saturated carbocycles. The number of rotatable bonds is 8. The largest absolute Gasteiger partial charge is 0.494 e. The number of carbonyl (C=O) groups excluding carboxylic acids is 2. The van der Waals surface area contributed by atoms with Crippen LogP contribution in [-0.4, -0.2) is 65.9 Å². The first-order valence-corrected chi connectivity index (χ1v) is 12.0. The van der Waals surface area contributed by atoms with Crippen molar-refractivity contribution in [2.45, 2.75) is 13.5 Å². The van der Waals surface area contributed by atoms with Gasteiger partial charge in [-0.3, -0.25) is 14.5 Å². The first-order valence-electron chi connectivity index (χ1n) is 11.1. The zero-order valence-electron chi connectivity index (χ0n) is 18.7. The van der Waals surface area contributed by atoms with Gasteiger partial charge in [-0.1, -0.05) is 30.3 Å². The highest BCUT2D eigenvalue weighted by atomic mass is 32.1. The van der Waals surface area contributed by atoms with Crippen molar-refractivity contribution in [1.82, 2.24) is 20.1 Å². The molecule has 1 aromatic heterocycles. The summed E-state index contributed by atoms with van der Waals surface area (Å²) < 4.78 is 5.39. The minimum absolute atomic E-state index is 0.00142. The summed E-state index contributed by atoms with van der Waals surface area (Å²) in [6.07, 6.45) is 0. The molecule has 2 amide bonds.